The first kappa shape index (κ1) is 20.4. The molecule has 0 bridgehead atoms. The highest BCUT2D eigenvalue weighted by Crippen LogP contribution is 2.26. The highest BCUT2D eigenvalue weighted by Gasteiger charge is 2.43. The van der Waals surface area contributed by atoms with Gasteiger partial charge in [-0.25, -0.2) is 4.98 Å². The van der Waals surface area contributed by atoms with Crippen molar-refractivity contribution in [3.05, 3.63) is 35.0 Å². The van der Waals surface area contributed by atoms with Crippen LogP contribution in [0.2, 0.25) is 0 Å². The summed E-state index contributed by atoms with van der Waals surface area (Å²) in [5, 5.41) is 41.8. The molecular weight excluding hydrogens is 362 g/mol. The Morgan fingerprint density at radius 1 is 1.42 bits per heavy atom. The van der Waals surface area contributed by atoms with Crippen molar-refractivity contribution in [2.45, 2.75) is 37.6 Å². The third-order valence-electron chi connectivity index (χ3n) is 3.82. The van der Waals surface area contributed by atoms with Crippen LogP contribution < -0.4 is 5.32 Å². The van der Waals surface area contributed by atoms with E-state index in [0.29, 0.717) is 10.5 Å². The lowest BCUT2D eigenvalue weighted by molar-refractivity contribution is -0.221. The Labute approximate surface area is 154 Å². The van der Waals surface area contributed by atoms with Crippen LogP contribution in [0.4, 0.5) is 5.13 Å². The van der Waals surface area contributed by atoms with Gasteiger partial charge in [-0.3, -0.25) is 9.79 Å². The number of allylic oxidation sites excluding steroid dienone is 3. The fourth-order valence-corrected chi connectivity index (χ4v) is 3.17. The Balaban J connectivity index is 2.11. The van der Waals surface area contributed by atoms with E-state index in [9.17, 15) is 25.2 Å². The molecule has 0 saturated carbocycles. The van der Waals surface area contributed by atoms with Gasteiger partial charge >= 0.3 is 0 Å². The molecule has 2 heterocycles. The summed E-state index contributed by atoms with van der Waals surface area (Å²) in [5.74, 6) is -0.258. The van der Waals surface area contributed by atoms with Crippen LogP contribution in [-0.2, 0) is 4.74 Å². The highest BCUT2D eigenvalue weighted by molar-refractivity contribution is 7.17. The molecule has 0 amide bonds. The average molecular weight is 383 g/mol. The van der Waals surface area contributed by atoms with Gasteiger partial charge in [-0.2, -0.15) is 0 Å². The number of nitrogens with zero attached hydrogens (tertiary/aromatic N) is 2. The molecule has 0 aliphatic carbocycles. The summed E-state index contributed by atoms with van der Waals surface area (Å²) in [6, 6.07) is 0. The second-order valence-electron chi connectivity index (χ2n) is 5.49. The number of aliphatic hydroxyl groups excluding tert-OH is 4. The minimum absolute atomic E-state index is 0.258. The first-order valence-corrected chi connectivity index (χ1v) is 8.60. The number of carbonyl (C=O) groups excluding carboxylic acids is 1. The number of ketones is 1. The molecular formula is C16H21N3O6S. The number of hydrogen-bond donors (Lipinski definition) is 5. The lowest BCUT2D eigenvalue weighted by Crippen LogP contribution is -2.60. The smallest absolute Gasteiger partial charge is 0.204 e. The van der Waals surface area contributed by atoms with Gasteiger partial charge in [0.05, 0.1) is 17.7 Å². The zero-order chi connectivity index (χ0) is 19.3. The normalized spacial score (nSPS) is 29.7. The maximum Gasteiger partial charge on any atom is 0.204 e. The Bertz CT molecular complexity index is 702. The highest BCUT2D eigenvalue weighted by atomic mass is 32.1. The second kappa shape index (κ2) is 9.12. The Morgan fingerprint density at radius 3 is 2.77 bits per heavy atom. The molecule has 1 aromatic rings. The summed E-state index contributed by atoms with van der Waals surface area (Å²) < 4.78 is 5.34. The first-order valence-electron chi connectivity index (χ1n) is 7.79. The summed E-state index contributed by atoms with van der Waals surface area (Å²) in [4.78, 5) is 20.4. The number of Topliss-reactive ketones (excluding diaryl/α,β-unsaturated/α-hetero) is 1. The Morgan fingerprint density at radius 2 is 2.15 bits per heavy atom. The number of aliphatic imine (C=N–C) groups is 1. The van der Waals surface area contributed by atoms with E-state index in [4.69, 9.17) is 4.74 Å². The molecule has 10 heteroatoms. The predicted molar refractivity (Wildman–Crippen MR) is 96.3 cm³/mol. The maximum atomic E-state index is 12.4. The average Bonchev–Trinajstić information content (AvgIpc) is 3.11. The van der Waals surface area contributed by atoms with Crippen molar-refractivity contribution in [2.75, 3.05) is 11.9 Å². The molecule has 1 fully saturated rings. The fraction of sp³-hybridized carbons (Fsp3) is 0.438. The number of hydrogen-bond acceptors (Lipinski definition) is 10. The van der Waals surface area contributed by atoms with Crippen LogP contribution in [-0.4, -0.2) is 75.2 Å². The van der Waals surface area contributed by atoms with E-state index < -0.39 is 37.3 Å². The maximum absolute atomic E-state index is 12.4. The summed E-state index contributed by atoms with van der Waals surface area (Å²) in [5.41, 5.74) is 0.417. The Hall–Kier alpha value is -1.95. The van der Waals surface area contributed by atoms with Gasteiger partial charge in [0.15, 0.2) is 11.4 Å². The molecule has 2 rings (SSSR count). The van der Waals surface area contributed by atoms with E-state index in [0.717, 1.165) is 11.3 Å². The number of rotatable bonds is 7. The van der Waals surface area contributed by atoms with Crippen LogP contribution >= 0.6 is 11.3 Å². The quantitative estimate of drug-likeness (QED) is 0.187. The third kappa shape index (κ3) is 4.41. The molecule has 5 N–H and O–H groups in total. The molecule has 26 heavy (non-hydrogen) atoms. The van der Waals surface area contributed by atoms with Gasteiger partial charge in [0.2, 0.25) is 5.78 Å². The van der Waals surface area contributed by atoms with Crippen molar-refractivity contribution >= 4 is 29.0 Å². The minimum atomic E-state index is -1.49. The summed E-state index contributed by atoms with van der Waals surface area (Å²) >= 11 is 1.03. The van der Waals surface area contributed by atoms with Crippen LogP contribution in [0, 0.1) is 0 Å². The molecule has 3 unspecified atom stereocenters. The molecule has 0 spiro atoms. The Kier molecular flexibility index (Phi) is 7.14. The molecule has 0 radical (unpaired) electrons. The SMILES string of the molecule is C=N/C=C\C(=C/C)C(=O)c1cnc(N[C@H]2OC(CO)[C@@H](O)C(O)C2O)s1. The van der Waals surface area contributed by atoms with E-state index in [-0.39, 0.29) is 10.9 Å². The van der Waals surface area contributed by atoms with Crippen molar-refractivity contribution in [3.63, 3.8) is 0 Å². The van der Waals surface area contributed by atoms with Crippen LogP contribution in [0.3, 0.4) is 0 Å². The number of thiazole rings is 1. The van der Waals surface area contributed by atoms with Gasteiger partial charge in [0, 0.05) is 11.8 Å². The van der Waals surface area contributed by atoms with Crippen LogP contribution in [0.5, 0.6) is 0 Å². The molecule has 5 atom stereocenters. The number of carbonyl (C=O) groups is 1. The van der Waals surface area contributed by atoms with Gasteiger partial charge in [-0.15, -0.1) is 0 Å². The molecule has 1 aliphatic rings. The van der Waals surface area contributed by atoms with E-state index >= 15 is 0 Å². The molecule has 1 aliphatic heterocycles. The number of anilines is 1. The zero-order valence-corrected chi connectivity index (χ0v) is 14.8. The van der Waals surface area contributed by atoms with E-state index in [2.05, 4.69) is 22.0 Å². The minimum Gasteiger partial charge on any atom is -0.394 e. The lowest BCUT2D eigenvalue weighted by Gasteiger charge is -2.40. The van der Waals surface area contributed by atoms with Crippen molar-refractivity contribution in [1.82, 2.24) is 4.98 Å². The van der Waals surface area contributed by atoms with Crippen molar-refractivity contribution < 1.29 is 30.0 Å². The zero-order valence-electron chi connectivity index (χ0n) is 14.0. The number of aliphatic hydroxyl groups is 4. The predicted octanol–water partition coefficient (Wildman–Crippen LogP) is -0.302. The van der Waals surface area contributed by atoms with Gasteiger partial charge < -0.3 is 30.5 Å². The van der Waals surface area contributed by atoms with Crippen LogP contribution in [0.15, 0.2) is 35.1 Å². The van der Waals surface area contributed by atoms with Gasteiger partial charge in [-0.05, 0) is 19.7 Å². The lowest BCUT2D eigenvalue weighted by atomic mass is 9.98. The van der Waals surface area contributed by atoms with Crippen molar-refractivity contribution in [1.29, 1.82) is 0 Å². The number of ether oxygens (including phenoxy) is 1. The second-order valence-corrected chi connectivity index (χ2v) is 6.53. The van der Waals surface area contributed by atoms with Crippen molar-refractivity contribution in [3.8, 4) is 0 Å². The fourth-order valence-electron chi connectivity index (χ4n) is 2.37. The van der Waals surface area contributed by atoms with Gasteiger partial charge in [0.1, 0.15) is 24.4 Å². The summed E-state index contributed by atoms with van der Waals surface area (Å²) in [7, 11) is 0. The standard InChI is InChI=1S/C16H21N3O6S/c1-3-8(4-5-17-2)11(21)10-6-18-16(26-10)19-15-14(24)13(23)12(22)9(7-20)25-15/h3-6,9,12-15,20,22-24H,2,7H2,1H3,(H,18,19)/b5-4-,8-3+/t9?,12-,13?,14?,15+/m1/s1. The first-order chi connectivity index (χ1) is 12.4. The van der Waals surface area contributed by atoms with Gasteiger partial charge in [-0.1, -0.05) is 17.4 Å². The largest absolute Gasteiger partial charge is 0.394 e. The molecule has 1 aromatic heterocycles. The van der Waals surface area contributed by atoms with Gasteiger partial charge in [0.25, 0.3) is 0 Å². The number of nitrogens with one attached hydrogen (secondary N) is 1. The molecule has 9 nitrogen and oxygen atoms in total. The molecule has 1 saturated heterocycles. The van der Waals surface area contributed by atoms with Crippen LogP contribution in [0.1, 0.15) is 16.6 Å². The van der Waals surface area contributed by atoms with E-state index in [1.807, 2.05) is 0 Å². The van der Waals surface area contributed by atoms with E-state index in [1.54, 1.807) is 13.0 Å². The monoisotopic (exact) mass is 383 g/mol. The summed E-state index contributed by atoms with van der Waals surface area (Å²) in [6.07, 6.45) is -0.574. The third-order valence-corrected chi connectivity index (χ3v) is 4.75. The molecule has 0 aromatic carbocycles. The van der Waals surface area contributed by atoms with E-state index in [1.165, 1.54) is 18.5 Å². The topological polar surface area (TPSA) is 144 Å². The molecule has 142 valence electrons. The number of aromatic nitrogens is 1. The van der Waals surface area contributed by atoms with Crippen LogP contribution in [0.25, 0.3) is 0 Å². The van der Waals surface area contributed by atoms with Crippen molar-refractivity contribution in [2.24, 2.45) is 4.99 Å². The summed E-state index contributed by atoms with van der Waals surface area (Å²) in [6.45, 7) is 4.50.